The standard InChI is InChI=1S/C14H23BO6/c1-6-7-8-15-20-11(13(16)18-9(2)3)12(21-15)14(17)19-10(4)5/h6-7,9-12H,8H2,1-5H3/b7-6+/t11-,12-/m0/s1. The van der Waals surface area contributed by atoms with Gasteiger partial charge in [0.1, 0.15) is 0 Å². The van der Waals surface area contributed by atoms with Crippen LogP contribution < -0.4 is 0 Å². The minimum absolute atomic E-state index is 0.294. The van der Waals surface area contributed by atoms with E-state index in [0.29, 0.717) is 6.32 Å². The average Bonchev–Trinajstić information content (AvgIpc) is 2.79. The lowest BCUT2D eigenvalue weighted by atomic mass is 9.85. The maximum atomic E-state index is 12.0. The first-order chi connectivity index (χ1) is 9.85. The van der Waals surface area contributed by atoms with Crippen LogP contribution in [0, 0.1) is 0 Å². The van der Waals surface area contributed by atoms with E-state index in [1.807, 2.05) is 19.1 Å². The van der Waals surface area contributed by atoms with Gasteiger partial charge in [0.05, 0.1) is 12.2 Å². The summed E-state index contributed by atoms with van der Waals surface area (Å²) < 4.78 is 21.2. The molecule has 0 aromatic carbocycles. The van der Waals surface area contributed by atoms with Crippen LogP contribution in [0.4, 0.5) is 0 Å². The molecular formula is C14H23BO6. The van der Waals surface area contributed by atoms with Crippen LogP contribution in [0.2, 0.25) is 6.32 Å². The predicted molar refractivity (Wildman–Crippen MR) is 77.6 cm³/mol. The number of carbonyl (C=O) groups is 2. The second-order valence-corrected chi connectivity index (χ2v) is 5.32. The Labute approximate surface area is 125 Å². The van der Waals surface area contributed by atoms with Gasteiger partial charge in [-0.1, -0.05) is 12.2 Å². The molecule has 1 heterocycles. The molecule has 0 aliphatic carbocycles. The Morgan fingerprint density at radius 1 is 1.05 bits per heavy atom. The summed E-state index contributed by atoms with van der Waals surface area (Å²) in [4.78, 5) is 24.0. The van der Waals surface area contributed by atoms with E-state index in [1.165, 1.54) is 0 Å². The van der Waals surface area contributed by atoms with E-state index in [1.54, 1.807) is 27.7 Å². The number of ether oxygens (including phenoxy) is 2. The van der Waals surface area contributed by atoms with Crippen molar-refractivity contribution in [3.8, 4) is 0 Å². The fourth-order valence-electron chi connectivity index (χ4n) is 1.82. The molecule has 118 valence electrons. The third kappa shape index (κ3) is 5.51. The normalized spacial score (nSPS) is 22.3. The lowest BCUT2D eigenvalue weighted by molar-refractivity contribution is -0.167. The summed E-state index contributed by atoms with van der Waals surface area (Å²) in [5.74, 6) is -1.22. The molecule has 0 radical (unpaired) electrons. The predicted octanol–water partition coefficient (Wildman–Crippen LogP) is 1.74. The van der Waals surface area contributed by atoms with Crippen molar-refractivity contribution >= 4 is 19.1 Å². The Bertz CT molecular complexity index is 363. The topological polar surface area (TPSA) is 71.1 Å². The van der Waals surface area contributed by atoms with Crippen molar-refractivity contribution in [2.75, 3.05) is 0 Å². The molecule has 0 bridgehead atoms. The van der Waals surface area contributed by atoms with E-state index < -0.39 is 31.3 Å². The minimum Gasteiger partial charge on any atom is -0.461 e. The molecule has 0 spiro atoms. The van der Waals surface area contributed by atoms with E-state index in [4.69, 9.17) is 18.8 Å². The van der Waals surface area contributed by atoms with E-state index >= 15 is 0 Å². The zero-order chi connectivity index (χ0) is 16.0. The summed E-state index contributed by atoms with van der Waals surface area (Å²) in [6.07, 6.45) is 1.37. The van der Waals surface area contributed by atoms with Gasteiger partial charge in [0.15, 0.2) is 12.2 Å². The highest BCUT2D eigenvalue weighted by Crippen LogP contribution is 2.23. The Morgan fingerprint density at radius 3 is 1.81 bits per heavy atom. The van der Waals surface area contributed by atoms with Crippen molar-refractivity contribution in [2.24, 2.45) is 0 Å². The third-order valence-electron chi connectivity index (χ3n) is 2.60. The summed E-state index contributed by atoms with van der Waals surface area (Å²) in [5.41, 5.74) is 0. The van der Waals surface area contributed by atoms with Gasteiger partial charge in [-0.3, -0.25) is 0 Å². The van der Waals surface area contributed by atoms with E-state index in [2.05, 4.69) is 0 Å². The summed E-state index contributed by atoms with van der Waals surface area (Å²) in [5, 5.41) is 0. The lowest BCUT2D eigenvalue weighted by Gasteiger charge is -2.18. The van der Waals surface area contributed by atoms with Crippen LogP contribution in [0.15, 0.2) is 12.2 Å². The molecule has 1 saturated heterocycles. The molecule has 1 fully saturated rings. The second-order valence-electron chi connectivity index (χ2n) is 5.32. The van der Waals surface area contributed by atoms with Crippen molar-refractivity contribution in [1.82, 2.24) is 0 Å². The van der Waals surface area contributed by atoms with Crippen LogP contribution in [0.1, 0.15) is 34.6 Å². The van der Waals surface area contributed by atoms with Crippen LogP contribution in [0.5, 0.6) is 0 Å². The van der Waals surface area contributed by atoms with Gasteiger partial charge < -0.3 is 18.8 Å². The van der Waals surface area contributed by atoms with Crippen LogP contribution in [0.3, 0.4) is 0 Å². The number of esters is 2. The summed E-state index contributed by atoms with van der Waals surface area (Å²) in [7, 11) is -0.657. The van der Waals surface area contributed by atoms with Gasteiger partial charge in [-0.2, -0.15) is 0 Å². The highest BCUT2D eigenvalue weighted by molar-refractivity contribution is 6.46. The molecule has 0 aromatic heterocycles. The number of rotatable bonds is 6. The molecule has 6 nitrogen and oxygen atoms in total. The Kier molecular flexibility index (Phi) is 6.91. The molecule has 0 aromatic rings. The second kappa shape index (κ2) is 8.19. The van der Waals surface area contributed by atoms with Gasteiger partial charge >= 0.3 is 19.1 Å². The third-order valence-corrected chi connectivity index (χ3v) is 2.60. The maximum absolute atomic E-state index is 12.0. The summed E-state index contributed by atoms with van der Waals surface area (Å²) >= 11 is 0. The summed E-state index contributed by atoms with van der Waals surface area (Å²) in [6, 6.07) is 0. The van der Waals surface area contributed by atoms with Gasteiger partial charge in [0, 0.05) is 6.32 Å². The molecule has 0 N–H and O–H groups in total. The number of allylic oxidation sites excluding steroid dienone is 2. The largest absolute Gasteiger partial charge is 0.462 e. The minimum atomic E-state index is -1.09. The van der Waals surface area contributed by atoms with Crippen LogP contribution in [-0.2, 0) is 28.4 Å². The van der Waals surface area contributed by atoms with Crippen molar-refractivity contribution < 1.29 is 28.4 Å². The SMILES string of the molecule is C/C=C/CB1O[C@H](C(=O)OC(C)C)[C@@H](C(=O)OC(C)C)O1. The quantitative estimate of drug-likeness (QED) is 0.422. The van der Waals surface area contributed by atoms with Gasteiger partial charge in [0.25, 0.3) is 0 Å². The van der Waals surface area contributed by atoms with Crippen molar-refractivity contribution in [3.05, 3.63) is 12.2 Å². The van der Waals surface area contributed by atoms with Crippen LogP contribution >= 0.6 is 0 Å². The first-order valence-electron chi connectivity index (χ1n) is 7.18. The average molecular weight is 298 g/mol. The zero-order valence-corrected chi connectivity index (χ0v) is 13.2. The molecule has 0 saturated carbocycles. The lowest BCUT2D eigenvalue weighted by Crippen LogP contribution is -2.40. The zero-order valence-electron chi connectivity index (χ0n) is 13.2. The number of carbonyl (C=O) groups excluding carboxylic acids is 2. The van der Waals surface area contributed by atoms with Crippen molar-refractivity contribution in [2.45, 2.75) is 65.4 Å². The molecule has 21 heavy (non-hydrogen) atoms. The Morgan fingerprint density at radius 2 is 1.48 bits per heavy atom. The molecule has 0 amide bonds. The fourth-order valence-corrected chi connectivity index (χ4v) is 1.82. The highest BCUT2D eigenvalue weighted by Gasteiger charge is 2.48. The molecule has 1 rings (SSSR count). The molecule has 0 unspecified atom stereocenters. The molecule has 1 aliphatic heterocycles. The number of hydrogen-bond donors (Lipinski definition) is 0. The van der Waals surface area contributed by atoms with Gasteiger partial charge in [-0.05, 0) is 34.6 Å². The van der Waals surface area contributed by atoms with Gasteiger partial charge in [-0.15, -0.1) is 0 Å². The Balaban J connectivity index is 2.78. The first-order valence-corrected chi connectivity index (χ1v) is 7.18. The van der Waals surface area contributed by atoms with E-state index in [-0.39, 0.29) is 12.2 Å². The van der Waals surface area contributed by atoms with Crippen LogP contribution in [0.25, 0.3) is 0 Å². The van der Waals surface area contributed by atoms with E-state index in [9.17, 15) is 9.59 Å². The summed E-state index contributed by atoms with van der Waals surface area (Å²) in [6.45, 7) is 8.78. The molecular weight excluding hydrogens is 275 g/mol. The van der Waals surface area contributed by atoms with Gasteiger partial charge in [0.2, 0.25) is 0 Å². The van der Waals surface area contributed by atoms with Gasteiger partial charge in [-0.25, -0.2) is 9.59 Å². The Hall–Kier alpha value is -1.34. The monoisotopic (exact) mass is 298 g/mol. The number of hydrogen-bond acceptors (Lipinski definition) is 6. The van der Waals surface area contributed by atoms with Crippen LogP contribution in [-0.4, -0.2) is 43.5 Å². The molecule has 1 aliphatic rings. The van der Waals surface area contributed by atoms with E-state index in [0.717, 1.165) is 0 Å². The molecule has 7 heteroatoms. The smallest absolute Gasteiger partial charge is 0.461 e. The fraction of sp³-hybridized carbons (Fsp3) is 0.714. The molecule has 2 atom stereocenters. The first kappa shape index (κ1) is 17.7. The maximum Gasteiger partial charge on any atom is 0.462 e. The highest BCUT2D eigenvalue weighted by atomic mass is 16.7. The van der Waals surface area contributed by atoms with Crippen molar-refractivity contribution in [3.63, 3.8) is 0 Å². The van der Waals surface area contributed by atoms with Crippen molar-refractivity contribution in [1.29, 1.82) is 0 Å².